The molecule has 6 aromatic rings. The molecule has 3 aliphatic heterocycles. The van der Waals surface area contributed by atoms with E-state index in [9.17, 15) is 30.0 Å². The first kappa shape index (κ1) is 56.7. The second kappa shape index (κ2) is 23.4. The summed E-state index contributed by atoms with van der Waals surface area (Å²) in [5, 5.41) is 3.60. The first-order valence-corrected chi connectivity index (χ1v) is 32.1. The van der Waals surface area contributed by atoms with E-state index < -0.39 is 43.6 Å². The fourth-order valence-electron chi connectivity index (χ4n) is 10.8. The molecule has 9 rings (SSSR count). The van der Waals surface area contributed by atoms with E-state index in [0.29, 0.717) is 71.8 Å². The molecule has 0 bridgehead atoms. The second-order valence-electron chi connectivity index (χ2n) is 20.1. The maximum absolute atomic E-state index is 15.0. The number of aromatic nitrogens is 1. The van der Waals surface area contributed by atoms with Crippen LogP contribution in [-0.2, 0) is 33.5 Å². The fraction of sp³-hybridized carbons (Fsp3) is 0.393. The van der Waals surface area contributed by atoms with Gasteiger partial charge < -0.3 is 33.8 Å². The van der Waals surface area contributed by atoms with Crippen molar-refractivity contribution in [2.24, 2.45) is 0 Å². The highest BCUT2D eigenvalue weighted by molar-refractivity contribution is 7.99. The van der Waals surface area contributed by atoms with Gasteiger partial charge in [0.05, 0.1) is 40.8 Å². The lowest BCUT2D eigenvalue weighted by molar-refractivity contribution is -0.0435. The van der Waals surface area contributed by atoms with Crippen molar-refractivity contribution in [2.75, 3.05) is 97.9 Å². The number of benzene rings is 5. The minimum Gasteiger partial charge on any atom is -0.381 e. The van der Waals surface area contributed by atoms with Gasteiger partial charge in [0, 0.05) is 115 Å². The molecule has 0 unspecified atom stereocenters. The van der Waals surface area contributed by atoms with Crippen molar-refractivity contribution in [2.45, 2.75) is 78.4 Å². The standard InChI is InChI=1S/C56H65ClF3N6O7PS3/c1-39(2)66-40(3)55(76(5,68)69)53(54(66)41-14-16-43(57)17-15-41)42-10-9-11-47(36-42)64-32-30-63(31-33-64)45-18-20-46(21-19-45)65-34-35-73-74(65,67)49-22-23-51(52(37-49)77(70,71)56(58,59)60)61-44(38-75-50-12-7-6-8-13-50)24-27-62-28-25-48(72-4)26-29-62/h6-23,36-37,39,44,48,61H,24-35,38H2,1-5H3/t44-,74+/m1/s1. The largest absolute Gasteiger partial charge is 0.501 e. The Morgan fingerprint density at radius 3 is 2.06 bits per heavy atom. The van der Waals surface area contributed by atoms with Crippen LogP contribution in [0, 0.1) is 6.92 Å². The summed E-state index contributed by atoms with van der Waals surface area (Å²) < 4.78 is 128. The molecular formula is C56H65ClF3N6O7PS3. The van der Waals surface area contributed by atoms with Gasteiger partial charge >= 0.3 is 13.0 Å². The highest BCUT2D eigenvalue weighted by Crippen LogP contribution is 2.56. The number of nitrogens with zero attached hydrogens (tertiary/aromatic N) is 5. The van der Waals surface area contributed by atoms with E-state index in [1.807, 2.05) is 106 Å². The highest BCUT2D eigenvalue weighted by Gasteiger charge is 2.49. The van der Waals surface area contributed by atoms with E-state index in [1.165, 1.54) is 34.8 Å². The molecule has 412 valence electrons. The van der Waals surface area contributed by atoms with Crippen LogP contribution in [0.3, 0.4) is 0 Å². The Kier molecular flexibility index (Phi) is 17.2. The monoisotopic (exact) mass is 1150 g/mol. The molecule has 0 saturated carbocycles. The van der Waals surface area contributed by atoms with Crippen LogP contribution >= 0.6 is 30.9 Å². The Balaban J connectivity index is 0.926. The molecule has 5 aromatic carbocycles. The van der Waals surface area contributed by atoms with Crippen LogP contribution in [0.2, 0.25) is 5.02 Å². The molecule has 1 aromatic heterocycles. The minimum absolute atomic E-state index is 0.00509. The number of ether oxygens (including phenoxy) is 1. The van der Waals surface area contributed by atoms with Gasteiger partial charge in [-0.1, -0.05) is 54.1 Å². The maximum atomic E-state index is 15.0. The normalized spacial score (nSPS) is 18.6. The molecule has 13 nitrogen and oxygen atoms in total. The van der Waals surface area contributed by atoms with Crippen molar-refractivity contribution >= 4 is 78.6 Å². The first-order valence-electron chi connectivity index (χ1n) is 25.8. The number of sulfone groups is 2. The molecule has 77 heavy (non-hydrogen) atoms. The highest BCUT2D eigenvalue weighted by atomic mass is 35.5. The number of alkyl halides is 3. The zero-order chi connectivity index (χ0) is 54.9. The third kappa shape index (κ3) is 12.3. The Bertz CT molecular complexity index is 3320. The molecular weight excluding hydrogens is 1090 g/mol. The Labute approximate surface area is 460 Å². The van der Waals surface area contributed by atoms with Crippen LogP contribution in [0.4, 0.5) is 35.9 Å². The number of methoxy groups -OCH3 is 1. The van der Waals surface area contributed by atoms with Crippen LogP contribution in [0.15, 0.2) is 136 Å². The third-order valence-corrected chi connectivity index (χ3v) is 21.4. The van der Waals surface area contributed by atoms with Crippen molar-refractivity contribution in [1.29, 1.82) is 0 Å². The summed E-state index contributed by atoms with van der Waals surface area (Å²) in [6.45, 7) is 11.0. The van der Waals surface area contributed by atoms with Crippen LogP contribution < -0.4 is 25.1 Å². The summed E-state index contributed by atoms with van der Waals surface area (Å²) in [7, 11) is -12.0. The Hall–Kier alpha value is -4.98. The Morgan fingerprint density at radius 2 is 1.44 bits per heavy atom. The SMILES string of the molecule is COC1CCN(CC[C@H](CSc2ccccc2)Nc2ccc([P@]3(=O)OCCN3c3ccc(N4CCN(c5cccc(-c6c(S(C)(=O)=O)c(C)n(C(C)C)c6-c6ccc(Cl)cc6)c5)CC4)cc3)cc2S(=O)(=O)C(F)(F)F)CC1. The van der Waals surface area contributed by atoms with Crippen LogP contribution in [0.5, 0.6) is 0 Å². The molecule has 1 N–H and O–H groups in total. The van der Waals surface area contributed by atoms with Crippen molar-refractivity contribution in [3.05, 3.63) is 132 Å². The molecule has 3 aliphatic rings. The topological polar surface area (TPSA) is 134 Å². The maximum Gasteiger partial charge on any atom is 0.501 e. The zero-order valence-electron chi connectivity index (χ0n) is 43.7. The summed E-state index contributed by atoms with van der Waals surface area (Å²) >= 11 is 7.82. The summed E-state index contributed by atoms with van der Waals surface area (Å²) in [4.78, 5) is 7.03. The number of nitrogens with one attached hydrogen (secondary N) is 1. The number of piperidine rings is 1. The van der Waals surface area contributed by atoms with E-state index in [1.54, 1.807) is 19.2 Å². The molecule has 3 fully saturated rings. The van der Waals surface area contributed by atoms with E-state index in [4.69, 9.17) is 20.9 Å². The van der Waals surface area contributed by atoms with E-state index in [2.05, 4.69) is 30.6 Å². The number of piperazine rings is 1. The third-order valence-electron chi connectivity index (χ3n) is 14.7. The van der Waals surface area contributed by atoms with E-state index in [-0.39, 0.29) is 36.3 Å². The Morgan fingerprint density at radius 1 is 0.792 bits per heavy atom. The molecule has 3 saturated heterocycles. The van der Waals surface area contributed by atoms with Gasteiger partial charge in [-0.3, -0.25) is 9.24 Å². The van der Waals surface area contributed by atoms with Gasteiger partial charge in [-0.25, -0.2) is 16.8 Å². The number of hydrogen-bond donors (Lipinski definition) is 1. The molecule has 4 heterocycles. The smallest absolute Gasteiger partial charge is 0.381 e. The van der Waals surface area contributed by atoms with Gasteiger partial charge in [0.1, 0.15) is 4.90 Å². The van der Waals surface area contributed by atoms with Crippen LogP contribution in [0.25, 0.3) is 22.4 Å². The van der Waals surface area contributed by atoms with Gasteiger partial charge in [-0.2, -0.15) is 13.2 Å². The van der Waals surface area contributed by atoms with Gasteiger partial charge in [-0.15, -0.1) is 11.8 Å². The minimum atomic E-state index is -5.93. The molecule has 0 spiro atoms. The summed E-state index contributed by atoms with van der Waals surface area (Å²) in [5.74, 6) is 0.442. The van der Waals surface area contributed by atoms with Gasteiger partial charge in [0.15, 0.2) is 9.84 Å². The second-order valence-corrected chi connectivity index (χ2v) is 27.7. The quantitative estimate of drug-likeness (QED) is 0.0647. The summed E-state index contributed by atoms with van der Waals surface area (Å²) in [6, 6.07) is 35.5. The lowest BCUT2D eigenvalue weighted by Crippen LogP contribution is -2.46. The van der Waals surface area contributed by atoms with Crippen molar-refractivity contribution in [3.8, 4) is 22.4 Å². The van der Waals surface area contributed by atoms with Gasteiger partial charge in [-0.05, 0) is 130 Å². The molecule has 0 radical (unpaired) electrons. The molecule has 21 heteroatoms. The van der Waals surface area contributed by atoms with Crippen molar-refractivity contribution < 1.29 is 43.8 Å². The number of rotatable bonds is 18. The average Bonchev–Trinajstić information content (AvgIpc) is 4.14. The van der Waals surface area contributed by atoms with Crippen molar-refractivity contribution in [3.63, 3.8) is 0 Å². The first-order chi connectivity index (χ1) is 36.7. The predicted molar refractivity (Wildman–Crippen MR) is 305 cm³/mol. The summed E-state index contributed by atoms with van der Waals surface area (Å²) in [6.07, 6.45) is 3.69. The molecule has 0 amide bonds. The van der Waals surface area contributed by atoms with Gasteiger partial charge in [0.2, 0.25) is 0 Å². The van der Waals surface area contributed by atoms with E-state index in [0.717, 1.165) is 65.1 Å². The zero-order valence-corrected chi connectivity index (χ0v) is 47.8. The molecule has 2 atom stereocenters. The number of anilines is 4. The van der Waals surface area contributed by atoms with Gasteiger partial charge in [0.25, 0.3) is 9.84 Å². The van der Waals surface area contributed by atoms with Crippen molar-refractivity contribution in [1.82, 2.24) is 9.47 Å². The number of likely N-dealkylation sites (tertiary alicyclic amines) is 1. The van der Waals surface area contributed by atoms with E-state index >= 15 is 4.57 Å². The number of thioether (sulfide) groups is 1. The van der Waals surface area contributed by atoms with Crippen LogP contribution in [-0.4, -0.2) is 122 Å². The lowest BCUT2D eigenvalue weighted by Gasteiger charge is -2.37. The molecule has 0 aliphatic carbocycles. The lowest BCUT2D eigenvalue weighted by atomic mass is 10.00. The summed E-state index contributed by atoms with van der Waals surface area (Å²) in [5.41, 5.74) is 0.258. The number of halogens is 4. The van der Waals surface area contributed by atoms with Crippen LogP contribution in [0.1, 0.15) is 44.8 Å². The average molecular weight is 1150 g/mol. The fourth-order valence-corrected chi connectivity index (χ4v) is 16.4. The number of hydrogen-bond acceptors (Lipinski definition) is 12. The predicted octanol–water partition coefficient (Wildman–Crippen LogP) is 11.8.